The van der Waals surface area contributed by atoms with Crippen LogP contribution in [0, 0.1) is 5.82 Å². The number of carboxylic acid groups (broad SMARTS) is 1. The van der Waals surface area contributed by atoms with E-state index in [1.165, 1.54) is 27.4 Å². The van der Waals surface area contributed by atoms with Crippen LogP contribution in [-0.4, -0.2) is 32.4 Å². The molecule has 110 valence electrons. The molecule has 1 N–H and O–H groups in total. The maximum absolute atomic E-state index is 14.6. The number of methoxy groups -OCH3 is 3. The lowest BCUT2D eigenvalue weighted by Crippen LogP contribution is -2.43. The van der Waals surface area contributed by atoms with E-state index in [2.05, 4.69) is 0 Å². The van der Waals surface area contributed by atoms with Gasteiger partial charge in [-0.05, 0) is 12.8 Å². The third-order valence-corrected chi connectivity index (χ3v) is 3.89. The molecule has 0 aromatic heterocycles. The van der Waals surface area contributed by atoms with Gasteiger partial charge in [-0.3, -0.25) is 4.79 Å². The van der Waals surface area contributed by atoms with Crippen molar-refractivity contribution in [3.63, 3.8) is 0 Å². The van der Waals surface area contributed by atoms with Gasteiger partial charge in [-0.1, -0.05) is 6.42 Å². The summed E-state index contributed by atoms with van der Waals surface area (Å²) in [6.45, 7) is 0. The summed E-state index contributed by atoms with van der Waals surface area (Å²) in [5.41, 5.74) is -1.26. The zero-order valence-electron chi connectivity index (χ0n) is 11.7. The lowest BCUT2D eigenvalue weighted by molar-refractivity contribution is -0.147. The minimum atomic E-state index is -1.27. The normalized spacial score (nSPS) is 16.2. The second kappa shape index (κ2) is 5.19. The smallest absolute Gasteiger partial charge is 0.314 e. The van der Waals surface area contributed by atoms with E-state index in [9.17, 15) is 14.3 Å². The first kappa shape index (κ1) is 14.4. The molecule has 6 heteroatoms. The number of ether oxygens (including phenoxy) is 3. The molecule has 0 radical (unpaired) electrons. The van der Waals surface area contributed by atoms with E-state index in [1.807, 2.05) is 0 Å². The SMILES string of the molecule is COc1cc(OC)c(OC)c(C2(C(=O)O)CCC2)c1F. The van der Waals surface area contributed by atoms with Crippen molar-refractivity contribution in [2.45, 2.75) is 24.7 Å². The summed E-state index contributed by atoms with van der Waals surface area (Å²) in [4.78, 5) is 11.6. The van der Waals surface area contributed by atoms with Crippen LogP contribution in [0.5, 0.6) is 17.2 Å². The standard InChI is InChI=1S/C14H17FO5/c1-18-8-7-9(19-2)12(20-3)10(11(8)15)14(13(16)17)5-4-6-14/h7H,4-6H2,1-3H3,(H,16,17). The zero-order valence-corrected chi connectivity index (χ0v) is 11.7. The predicted octanol–water partition coefficient (Wildman–Crippen LogP) is 2.36. The summed E-state index contributed by atoms with van der Waals surface area (Å²) in [5.74, 6) is -1.44. The average molecular weight is 284 g/mol. The Bertz CT molecular complexity index is 537. The van der Waals surface area contributed by atoms with Crippen LogP contribution >= 0.6 is 0 Å². The Morgan fingerprint density at radius 2 is 1.80 bits per heavy atom. The first-order valence-electron chi connectivity index (χ1n) is 6.24. The highest BCUT2D eigenvalue weighted by Crippen LogP contribution is 2.52. The number of rotatable bonds is 5. The summed E-state index contributed by atoms with van der Waals surface area (Å²) in [6.07, 6.45) is 1.46. The Labute approximate surface area is 116 Å². The minimum Gasteiger partial charge on any atom is -0.494 e. The largest absolute Gasteiger partial charge is 0.494 e. The molecule has 0 aliphatic heterocycles. The lowest BCUT2D eigenvalue weighted by Gasteiger charge is -2.39. The maximum atomic E-state index is 14.6. The second-order valence-corrected chi connectivity index (χ2v) is 4.74. The predicted molar refractivity (Wildman–Crippen MR) is 69.2 cm³/mol. The van der Waals surface area contributed by atoms with Crippen LogP contribution in [-0.2, 0) is 10.2 Å². The third kappa shape index (κ3) is 1.87. The van der Waals surface area contributed by atoms with E-state index in [0.717, 1.165) is 6.42 Å². The van der Waals surface area contributed by atoms with Gasteiger partial charge in [0.1, 0.15) is 0 Å². The van der Waals surface area contributed by atoms with E-state index >= 15 is 0 Å². The van der Waals surface area contributed by atoms with Crippen LogP contribution in [0.4, 0.5) is 4.39 Å². The lowest BCUT2D eigenvalue weighted by atomic mass is 9.64. The Kier molecular flexibility index (Phi) is 3.74. The van der Waals surface area contributed by atoms with Crippen LogP contribution in [0.1, 0.15) is 24.8 Å². The van der Waals surface area contributed by atoms with Gasteiger partial charge in [0.2, 0.25) is 0 Å². The fourth-order valence-corrected chi connectivity index (χ4v) is 2.63. The molecule has 1 aliphatic carbocycles. The summed E-state index contributed by atoms with van der Waals surface area (Å²) in [6, 6.07) is 1.35. The van der Waals surface area contributed by atoms with Gasteiger partial charge in [0.25, 0.3) is 0 Å². The van der Waals surface area contributed by atoms with Gasteiger partial charge < -0.3 is 19.3 Å². The molecule has 0 spiro atoms. The summed E-state index contributed by atoms with van der Waals surface area (Å²) >= 11 is 0. The van der Waals surface area contributed by atoms with Crippen molar-refractivity contribution in [3.05, 3.63) is 17.4 Å². The first-order chi connectivity index (χ1) is 9.51. The van der Waals surface area contributed by atoms with Crippen LogP contribution in [0.2, 0.25) is 0 Å². The van der Waals surface area contributed by atoms with Crippen molar-refractivity contribution < 1.29 is 28.5 Å². The molecular weight excluding hydrogens is 267 g/mol. The van der Waals surface area contributed by atoms with Gasteiger partial charge in [0.15, 0.2) is 23.1 Å². The number of aliphatic carboxylic acids is 1. The average Bonchev–Trinajstić information content (AvgIpc) is 2.38. The van der Waals surface area contributed by atoms with Crippen molar-refractivity contribution in [3.8, 4) is 17.2 Å². The molecule has 0 unspecified atom stereocenters. The molecule has 20 heavy (non-hydrogen) atoms. The molecule has 1 aromatic carbocycles. The molecule has 1 fully saturated rings. The molecule has 0 saturated heterocycles. The van der Waals surface area contributed by atoms with Crippen molar-refractivity contribution in [1.29, 1.82) is 0 Å². The molecular formula is C14H17FO5. The number of carbonyl (C=O) groups is 1. The number of carboxylic acids is 1. The number of hydrogen-bond acceptors (Lipinski definition) is 4. The molecule has 1 saturated carbocycles. The third-order valence-electron chi connectivity index (χ3n) is 3.89. The molecule has 0 bridgehead atoms. The minimum absolute atomic E-state index is 0.00921. The van der Waals surface area contributed by atoms with E-state index < -0.39 is 17.2 Å². The second-order valence-electron chi connectivity index (χ2n) is 4.74. The van der Waals surface area contributed by atoms with Gasteiger partial charge in [0, 0.05) is 6.07 Å². The van der Waals surface area contributed by atoms with Crippen LogP contribution in [0.3, 0.4) is 0 Å². The molecule has 1 aliphatic rings. The number of hydrogen-bond donors (Lipinski definition) is 1. The highest BCUT2D eigenvalue weighted by molar-refractivity contribution is 5.84. The Morgan fingerprint density at radius 1 is 1.20 bits per heavy atom. The molecule has 0 amide bonds. The highest BCUT2D eigenvalue weighted by Gasteiger charge is 2.51. The van der Waals surface area contributed by atoms with E-state index in [4.69, 9.17) is 14.2 Å². The van der Waals surface area contributed by atoms with Crippen molar-refractivity contribution in [2.24, 2.45) is 0 Å². The monoisotopic (exact) mass is 284 g/mol. The molecule has 5 nitrogen and oxygen atoms in total. The fourth-order valence-electron chi connectivity index (χ4n) is 2.63. The maximum Gasteiger partial charge on any atom is 0.314 e. The van der Waals surface area contributed by atoms with Crippen LogP contribution in [0.25, 0.3) is 0 Å². The summed E-state index contributed by atoms with van der Waals surface area (Å²) < 4.78 is 29.9. The Hall–Kier alpha value is -1.98. The topological polar surface area (TPSA) is 65.0 Å². The Balaban J connectivity index is 2.75. The van der Waals surface area contributed by atoms with E-state index in [0.29, 0.717) is 12.8 Å². The quantitative estimate of drug-likeness (QED) is 0.899. The van der Waals surface area contributed by atoms with Crippen molar-refractivity contribution in [1.82, 2.24) is 0 Å². The summed E-state index contributed by atoms with van der Waals surface area (Å²) in [5, 5.41) is 9.50. The van der Waals surface area contributed by atoms with Gasteiger partial charge in [0.05, 0.1) is 32.3 Å². The van der Waals surface area contributed by atoms with Gasteiger partial charge in [-0.15, -0.1) is 0 Å². The number of halogens is 1. The Morgan fingerprint density at radius 3 is 2.15 bits per heavy atom. The van der Waals surface area contributed by atoms with Gasteiger partial charge in [-0.2, -0.15) is 0 Å². The summed E-state index contributed by atoms with van der Waals surface area (Å²) in [7, 11) is 4.09. The first-order valence-corrected chi connectivity index (χ1v) is 6.24. The zero-order chi connectivity index (χ0) is 14.9. The van der Waals surface area contributed by atoms with Gasteiger partial charge in [-0.25, -0.2) is 4.39 Å². The van der Waals surface area contributed by atoms with E-state index in [-0.39, 0.29) is 22.8 Å². The van der Waals surface area contributed by atoms with Crippen molar-refractivity contribution in [2.75, 3.05) is 21.3 Å². The molecule has 0 heterocycles. The van der Waals surface area contributed by atoms with Crippen molar-refractivity contribution >= 4 is 5.97 Å². The molecule has 2 rings (SSSR count). The highest BCUT2D eigenvalue weighted by atomic mass is 19.1. The molecule has 0 atom stereocenters. The van der Waals surface area contributed by atoms with Crippen LogP contribution < -0.4 is 14.2 Å². The van der Waals surface area contributed by atoms with Gasteiger partial charge >= 0.3 is 5.97 Å². The molecule has 1 aromatic rings. The number of benzene rings is 1. The van der Waals surface area contributed by atoms with E-state index in [1.54, 1.807) is 0 Å². The fraction of sp³-hybridized carbons (Fsp3) is 0.500. The van der Waals surface area contributed by atoms with Crippen LogP contribution in [0.15, 0.2) is 6.07 Å².